The third-order valence-corrected chi connectivity index (χ3v) is 5.76. The molecule has 1 N–H and O–H groups in total. The molecule has 158 valence electrons. The zero-order valence-electron chi connectivity index (χ0n) is 18.4. The van der Waals surface area contributed by atoms with Gasteiger partial charge in [-0.25, -0.2) is 0 Å². The maximum atomic E-state index is 12.3. The second kappa shape index (κ2) is 9.57. The zero-order chi connectivity index (χ0) is 21.8. The van der Waals surface area contributed by atoms with Gasteiger partial charge in [-0.1, -0.05) is 70.6 Å². The smallest absolute Gasteiger partial charge is 0.231 e. The predicted octanol–water partition coefficient (Wildman–Crippen LogP) is 4.08. The van der Waals surface area contributed by atoms with Crippen LogP contribution in [0.5, 0.6) is 0 Å². The summed E-state index contributed by atoms with van der Waals surface area (Å²) in [5.41, 5.74) is 2.36. The van der Waals surface area contributed by atoms with Gasteiger partial charge in [-0.15, -0.1) is 10.2 Å². The molecule has 6 nitrogen and oxygen atoms in total. The van der Waals surface area contributed by atoms with Gasteiger partial charge < -0.3 is 9.88 Å². The van der Waals surface area contributed by atoms with E-state index < -0.39 is 6.04 Å². The molecule has 0 spiro atoms. The number of thioether (sulfide) groups is 1. The molecule has 1 amide bonds. The van der Waals surface area contributed by atoms with Crippen LogP contribution in [0.15, 0.2) is 29.4 Å². The average molecular weight is 417 g/mol. The standard InChI is InChI=1S/C22H32N4O2S/c1-8-26-20(16-9-11-17(12-10-16)22(5,6)7)24-25-21(26)29-13-18(28)23-19(14(2)3)15(4)27/h9-12,14,19H,8,13H2,1-7H3,(H,23,28). The first kappa shape index (κ1) is 23.1. The zero-order valence-corrected chi connectivity index (χ0v) is 19.3. The molecule has 1 atom stereocenters. The summed E-state index contributed by atoms with van der Waals surface area (Å²) in [6.45, 7) is 14.6. The number of hydrogen-bond donors (Lipinski definition) is 1. The summed E-state index contributed by atoms with van der Waals surface area (Å²) >= 11 is 1.33. The molecular weight excluding hydrogens is 384 g/mol. The lowest BCUT2D eigenvalue weighted by molar-refractivity contribution is -0.126. The number of ketones is 1. The lowest BCUT2D eigenvalue weighted by Gasteiger charge is -2.19. The summed E-state index contributed by atoms with van der Waals surface area (Å²) in [6.07, 6.45) is 0. The van der Waals surface area contributed by atoms with E-state index in [0.717, 1.165) is 11.4 Å². The topological polar surface area (TPSA) is 76.9 Å². The van der Waals surface area contributed by atoms with Gasteiger partial charge in [0, 0.05) is 12.1 Å². The van der Waals surface area contributed by atoms with Crippen molar-refractivity contribution in [3.8, 4) is 11.4 Å². The van der Waals surface area contributed by atoms with Crippen LogP contribution in [0.25, 0.3) is 11.4 Å². The first-order chi connectivity index (χ1) is 13.5. The number of benzene rings is 1. The van der Waals surface area contributed by atoms with Crippen molar-refractivity contribution in [2.75, 3.05) is 5.75 Å². The SMILES string of the molecule is CCn1c(SCC(=O)NC(C(C)=O)C(C)C)nnc1-c1ccc(C(C)(C)C)cc1. The van der Waals surface area contributed by atoms with Crippen molar-refractivity contribution in [1.82, 2.24) is 20.1 Å². The minimum absolute atomic E-state index is 0.0314. The van der Waals surface area contributed by atoms with Crippen molar-refractivity contribution >= 4 is 23.5 Å². The van der Waals surface area contributed by atoms with Crippen molar-refractivity contribution in [3.63, 3.8) is 0 Å². The highest BCUT2D eigenvalue weighted by molar-refractivity contribution is 7.99. The van der Waals surface area contributed by atoms with Gasteiger partial charge in [-0.2, -0.15) is 0 Å². The number of aromatic nitrogens is 3. The molecule has 29 heavy (non-hydrogen) atoms. The predicted molar refractivity (Wildman–Crippen MR) is 118 cm³/mol. The first-order valence-electron chi connectivity index (χ1n) is 10.0. The van der Waals surface area contributed by atoms with Crippen molar-refractivity contribution in [3.05, 3.63) is 29.8 Å². The van der Waals surface area contributed by atoms with E-state index in [1.165, 1.54) is 24.2 Å². The fourth-order valence-electron chi connectivity index (χ4n) is 3.10. The minimum Gasteiger partial charge on any atom is -0.345 e. The molecule has 0 fully saturated rings. The van der Waals surface area contributed by atoms with Gasteiger partial charge in [0.2, 0.25) is 5.91 Å². The lowest BCUT2D eigenvalue weighted by Crippen LogP contribution is -2.44. The Morgan fingerprint density at radius 2 is 1.76 bits per heavy atom. The number of carbonyl (C=O) groups is 2. The fourth-order valence-corrected chi connectivity index (χ4v) is 3.91. The number of amides is 1. The summed E-state index contributed by atoms with van der Waals surface area (Å²) < 4.78 is 2.01. The Hall–Kier alpha value is -2.15. The van der Waals surface area contributed by atoms with Crippen LogP contribution in [0, 0.1) is 5.92 Å². The minimum atomic E-state index is -0.455. The Bertz CT molecular complexity index is 851. The van der Waals surface area contributed by atoms with Crippen LogP contribution in [-0.4, -0.2) is 38.2 Å². The number of rotatable bonds is 8. The molecule has 2 aromatic rings. The molecule has 1 unspecified atom stereocenters. The van der Waals surface area contributed by atoms with Crippen molar-refractivity contribution in [1.29, 1.82) is 0 Å². The quantitative estimate of drug-likeness (QED) is 0.656. The van der Waals surface area contributed by atoms with Crippen LogP contribution in [0.1, 0.15) is 54.0 Å². The van der Waals surface area contributed by atoms with Gasteiger partial charge in [-0.05, 0) is 30.7 Å². The molecular formula is C22H32N4O2S. The lowest BCUT2D eigenvalue weighted by atomic mass is 9.87. The molecule has 2 rings (SSSR count). The van der Waals surface area contributed by atoms with E-state index in [4.69, 9.17) is 0 Å². The molecule has 0 aliphatic rings. The van der Waals surface area contributed by atoms with Crippen LogP contribution in [0.4, 0.5) is 0 Å². The molecule has 1 aromatic heterocycles. The summed E-state index contributed by atoms with van der Waals surface area (Å²) in [6, 6.07) is 7.93. The number of carbonyl (C=O) groups excluding carboxylic acids is 2. The molecule has 0 aliphatic carbocycles. The summed E-state index contributed by atoms with van der Waals surface area (Å²) in [5.74, 6) is 0.835. The Morgan fingerprint density at radius 3 is 2.24 bits per heavy atom. The first-order valence-corrected chi connectivity index (χ1v) is 11.0. The van der Waals surface area contributed by atoms with E-state index >= 15 is 0 Å². The third kappa shape index (κ3) is 5.92. The van der Waals surface area contributed by atoms with E-state index in [-0.39, 0.29) is 28.8 Å². The number of hydrogen-bond acceptors (Lipinski definition) is 5. The summed E-state index contributed by atoms with van der Waals surface area (Å²) in [7, 11) is 0. The van der Waals surface area contributed by atoms with E-state index in [1.807, 2.05) is 25.3 Å². The number of nitrogens with zero attached hydrogens (tertiary/aromatic N) is 3. The molecule has 7 heteroatoms. The Labute approximate surface area is 177 Å². The van der Waals surface area contributed by atoms with Crippen LogP contribution in [-0.2, 0) is 21.5 Å². The van der Waals surface area contributed by atoms with Gasteiger partial charge in [0.25, 0.3) is 0 Å². The fraction of sp³-hybridized carbons (Fsp3) is 0.545. The molecule has 1 heterocycles. The van der Waals surface area contributed by atoms with Crippen LogP contribution >= 0.6 is 11.8 Å². The second-order valence-electron chi connectivity index (χ2n) is 8.57. The maximum Gasteiger partial charge on any atom is 0.231 e. The van der Waals surface area contributed by atoms with Crippen LogP contribution in [0.2, 0.25) is 0 Å². The van der Waals surface area contributed by atoms with Crippen molar-refractivity contribution < 1.29 is 9.59 Å². The number of Topliss-reactive ketones (excluding diaryl/α,β-unsaturated/α-hetero) is 1. The Kier molecular flexibility index (Phi) is 7.63. The monoisotopic (exact) mass is 416 g/mol. The highest BCUT2D eigenvalue weighted by Gasteiger charge is 2.21. The molecule has 0 aliphatic heterocycles. The molecule has 1 aromatic carbocycles. The maximum absolute atomic E-state index is 12.3. The van der Waals surface area contributed by atoms with Crippen LogP contribution in [0.3, 0.4) is 0 Å². The van der Waals surface area contributed by atoms with Crippen LogP contribution < -0.4 is 5.32 Å². The summed E-state index contributed by atoms with van der Waals surface area (Å²) in [5, 5.41) is 12.1. The number of nitrogens with one attached hydrogen (secondary N) is 1. The molecule has 0 bridgehead atoms. The van der Waals surface area contributed by atoms with E-state index in [2.05, 4.69) is 60.6 Å². The average Bonchev–Trinajstić information content (AvgIpc) is 3.06. The van der Waals surface area contributed by atoms with E-state index in [9.17, 15) is 9.59 Å². The molecule has 0 saturated heterocycles. The van der Waals surface area contributed by atoms with E-state index in [0.29, 0.717) is 11.7 Å². The Balaban J connectivity index is 2.11. The normalized spacial score (nSPS) is 12.8. The van der Waals surface area contributed by atoms with Gasteiger partial charge >= 0.3 is 0 Å². The van der Waals surface area contributed by atoms with Crippen molar-refractivity contribution in [2.24, 2.45) is 5.92 Å². The Morgan fingerprint density at radius 1 is 1.14 bits per heavy atom. The van der Waals surface area contributed by atoms with Gasteiger partial charge in [-0.3, -0.25) is 9.59 Å². The second-order valence-corrected chi connectivity index (χ2v) is 9.51. The molecule has 0 radical (unpaired) electrons. The largest absolute Gasteiger partial charge is 0.345 e. The van der Waals surface area contributed by atoms with E-state index in [1.54, 1.807) is 0 Å². The van der Waals surface area contributed by atoms with Crippen molar-refractivity contribution in [2.45, 2.75) is 71.6 Å². The van der Waals surface area contributed by atoms with Gasteiger partial charge in [0.05, 0.1) is 11.8 Å². The highest BCUT2D eigenvalue weighted by Crippen LogP contribution is 2.27. The highest BCUT2D eigenvalue weighted by atomic mass is 32.2. The third-order valence-electron chi connectivity index (χ3n) is 4.80. The summed E-state index contributed by atoms with van der Waals surface area (Å²) in [4.78, 5) is 24.0. The van der Waals surface area contributed by atoms with Gasteiger partial charge in [0.15, 0.2) is 16.8 Å². The van der Waals surface area contributed by atoms with Gasteiger partial charge in [0.1, 0.15) is 0 Å². The molecule has 0 saturated carbocycles.